The van der Waals surface area contributed by atoms with Crippen molar-refractivity contribution in [3.8, 4) is 0 Å². The van der Waals surface area contributed by atoms with Gasteiger partial charge in [-0.1, -0.05) is 6.92 Å². The molecule has 0 aliphatic heterocycles. The molecule has 0 spiro atoms. The summed E-state index contributed by atoms with van der Waals surface area (Å²) in [7, 11) is 1.66. The number of rotatable bonds is 7. The molecule has 0 rings (SSSR count). The summed E-state index contributed by atoms with van der Waals surface area (Å²) in [6.45, 7) is 4.52. The van der Waals surface area contributed by atoms with Gasteiger partial charge in [-0.3, -0.25) is 0 Å². The van der Waals surface area contributed by atoms with E-state index in [9.17, 15) is 0 Å². The molecule has 0 saturated carbocycles. The summed E-state index contributed by atoms with van der Waals surface area (Å²) in [5.41, 5.74) is 0. The predicted molar refractivity (Wildman–Crippen MR) is 48.1 cm³/mol. The molecule has 3 heteroatoms. The third-order valence-corrected chi connectivity index (χ3v) is 2.58. The fourth-order valence-corrected chi connectivity index (χ4v) is 1.54. The molecule has 0 aromatic heterocycles. The summed E-state index contributed by atoms with van der Waals surface area (Å²) in [4.78, 5) is 0. The average Bonchev–Trinajstić information content (AvgIpc) is 1.97. The van der Waals surface area contributed by atoms with Gasteiger partial charge in [-0.15, -0.1) is 0 Å². The highest BCUT2D eigenvalue weighted by Crippen LogP contribution is 1.85. The van der Waals surface area contributed by atoms with E-state index in [0.29, 0.717) is 0 Å². The van der Waals surface area contributed by atoms with E-state index in [1.54, 1.807) is 0 Å². The Bertz CT molecular complexity index is 53.6. The second kappa shape index (κ2) is 9.14. The van der Waals surface area contributed by atoms with Crippen molar-refractivity contribution in [2.24, 2.45) is 0 Å². The van der Waals surface area contributed by atoms with Gasteiger partial charge in [-0.2, -0.15) is 0 Å². The molecule has 0 unspecified atom stereocenters. The zero-order chi connectivity index (χ0) is 7.66. The Morgan fingerprint density at radius 2 is 2.20 bits per heavy atom. The summed E-state index contributed by atoms with van der Waals surface area (Å²) in [6, 6.07) is 1.31. The van der Waals surface area contributed by atoms with Crippen molar-refractivity contribution in [3.63, 3.8) is 0 Å². The van der Waals surface area contributed by atoms with Crippen LogP contribution in [0.3, 0.4) is 0 Å². The van der Waals surface area contributed by atoms with Gasteiger partial charge in [0, 0.05) is 7.11 Å². The van der Waals surface area contributed by atoms with Crippen LogP contribution in [0.4, 0.5) is 0 Å². The molecule has 0 atom stereocenters. The molecule has 1 N–H and O–H groups in total. The lowest BCUT2D eigenvalue weighted by Gasteiger charge is -2.00. The molecule has 62 valence electrons. The van der Waals surface area contributed by atoms with E-state index < -0.39 is 0 Å². The molecule has 0 heterocycles. The molecule has 10 heavy (non-hydrogen) atoms. The van der Waals surface area contributed by atoms with Gasteiger partial charge in [-0.25, -0.2) is 0 Å². The van der Waals surface area contributed by atoms with Gasteiger partial charge < -0.3 is 9.74 Å². The minimum Gasteiger partial charge on any atom is -0.427 e. The molecule has 0 amide bonds. The Morgan fingerprint density at radius 3 is 2.80 bits per heavy atom. The molecule has 0 fully saturated rings. The van der Waals surface area contributed by atoms with Crippen molar-refractivity contribution < 1.29 is 4.43 Å². The van der Waals surface area contributed by atoms with E-state index in [-0.39, 0.29) is 9.76 Å². The first-order valence-electron chi connectivity index (χ1n) is 4.11. The maximum Gasteiger partial charge on any atom is 0.161 e. The minimum absolute atomic E-state index is 0.153. The van der Waals surface area contributed by atoms with E-state index >= 15 is 0 Å². The largest absolute Gasteiger partial charge is 0.427 e. The lowest BCUT2D eigenvalue weighted by Crippen LogP contribution is -2.16. The lowest BCUT2D eigenvalue weighted by molar-refractivity contribution is 0.439. The lowest BCUT2D eigenvalue weighted by atomic mass is 10.4. The van der Waals surface area contributed by atoms with E-state index in [4.69, 9.17) is 4.43 Å². The van der Waals surface area contributed by atoms with Crippen molar-refractivity contribution in [3.05, 3.63) is 0 Å². The molecular weight excluding hydrogens is 142 g/mol. The smallest absolute Gasteiger partial charge is 0.161 e. The van der Waals surface area contributed by atoms with Crippen LogP contribution < -0.4 is 5.32 Å². The van der Waals surface area contributed by atoms with Gasteiger partial charge in [0.15, 0.2) is 9.76 Å². The van der Waals surface area contributed by atoms with Gasteiger partial charge in [0.2, 0.25) is 0 Å². The maximum absolute atomic E-state index is 5.06. The fourth-order valence-electron chi connectivity index (χ4n) is 0.798. The van der Waals surface area contributed by atoms with Gasteiger partial charge >= 0.3 is 0 Å². The number of hydrogen-bond donors (Lipinski definition) is 1. The van der Waals surface area contributed by atoms with Crippen LogP contribution in [-0.2, 0) is 4.43 Å². The highest BCUT2D eigenvalue weighted by atomic mass is 28.2. The van der Waals surface area contributed by atoms with Crippen LogP contribution in [0.15, 0.2) is 0 Å². The zero-order valence-corrected chi connectivity index (χ0v) is 8.57. The monoisotopic (exact) mass is 161 g/mol. The third-order valence-electron chi connectivity index (χ3n) is 1.38. The van der Waals surface area contributed by atoms with Crippen molar-refractivity contribution in [2.45, 2.75) is 25.8 Å². The Balaban J connectivity index is 2.65. The van der Waals surface area contributed by atoms with E-state index in [1.807, 2.05) is 7.11 Å². The number of hydrogen-bond acceptors (Lipinski definition) is 2. The van der Waals surface area contributed by atoms with Crippen LogP contribution in [-0.4, -0.2) is 30.0 Å². The standard InChI is InChI=1S/C7H19NOSi/c1-3-5-8-6-4-7-10-9-2/h8H,3-7,10H2,1-2H3. The molecule has 0 aliphatic carbocycles. The predicted octanol–water partition coefficient (Wildman–Crippen LogP) is 0.525. The average molecular weight is 161 g/mol. The first-order valence-corrected chi connectivity index (χ1v) is 5.69. The molecule has 0 bridgehead atoms. The van der Waals surface area contributed by atoms with E-state index in [0.717, 1.165) is 6.54 Å². The van der Waals surface area contributed by atoms with Gasteiger partial charge in [0.25, 0.3) is 0 Å². The van der Waals surface area contributed by atoms with Crippen LogP contribution in [0.25, 0.3) is 0 Å². The molecule has 0 saturated heterocycles. The van der Waals surface area contributed by atoms with Gasteiger partial charge in [0.05, 0.1) is 0 Å². The second-order valence-corrected chi connectivity index (χ2v) is 4.14. The summed E-state index contributed by atoms with van der Waals surface area (Å²) < 4.78 is 5.06. The molecule has 0 radical (unpaired) electrons. The first kappa shape index (κ1) is 10.1. The van der Waals surface area contributed by atoms with E-state index in [1.165, 1.54) is 25.4 Å². The maximum atomic E-state index is 5.06. The quantitative estimate of drug-likeness (QED) is 0.434. The Morgan fingerprint density at radius 1 is 1.40 bits per heavy atom. The second-order valence-electron chi connectivity index (χ2n) is 2.45. The van der Waals surface area contributed by atoms with Crippen LogP contribution in [0.2, 0.25) is 6.04 Å². The van der Waals surface area contributed by atoms with Crippen molar-refractivity contribution in [1.29, 1.82) is 0 Å². The molecular formula is C7H19NOSi. The fraction of sp³-hybridized carbons (Fsp3) is 1.00. The van der Waals surface area contributed by atoms with Gasteiger partial charge in [0.1, 0.15) is 0 Å². The van der Waals surface area contributed by atoms with Crippen LogP contribution in [0, 0.1) is 0 Å². The van der Waals surface area contributed by atoms with Crippen molar-refractivity contribution in [2.75, 3.05) is 20.2 Å². The van der Waals surface area contributed by atoms with Crippen LogP contribution in [0.1, 0.15) is 19.8 Å². The van der Waals surface area contributed by atoms with Crippen LogP contribution >= 0.6 is 0 Å². The topological polar surface area (TPSA) is 21.3 Å². The third kappa shape index (κ3) is 8.14. The summed E-state index contributed by atoms with van der Waals surface area (Å²) in [6.07, 6.45) is 2.53. The first-order chi connectivity index (χ1) is 4.91. The van der Waals surface area contributed by atoms with Gasteiger partial charge in [-0.05, 0) is 32.0 Å². The van der Waals surface area contributed by atoms with Crippen molar-refractivity contribution >= 4 is 9.76 Å². The minimum atomic E-state index is -0.153. The van der Waals surface area contributed by atoms with Crippen LogP contribution in [0.5, 0.6) is 0 Å². The Labute approximate surface area is 66.3 Å². The summed E-state index contributed by atoms with van der Waals surface area (Å²) in [5.74, 6) is 0. The molecule has 0 aliphatic rings. The Kier molecular flexibility index (Phi) is 9.26. The highest BCUT2D eigenvalue weighted by Gasteiger charge is 1.87. The molecule has 2 nitrogen and oxygen atoms in total. The SMILES string of the molecule is CCCNCCC[SiH2]OC. The normalized spacial score (nSPS) is 11.4. The molecule has 0 aromatic carbocycles. The Hall–Kier alpha value is 0.137. The molecule has 0 aromatic rings. The van der Waals surface area contributed by atoms with E-state index in [2.05, 4.69) is 12.2 Å². The van der Waals surface area contributed by atoms with Crippen molar-refractivity contribution in [1.82, 2.24) is 5.32 Å². The number of nitrogens with one attached hydrogen (secondary N) is 1. The zero-order valence-electron chi connectivity index (χ0n) is 7.15. The summed E-state index contributed by atoms with van der Waals surface area (Å²) >= 11 is 0. The highest BCUT2D eigenvalue weighted by molar-refractivity contribution is 6.26. The summed E-state index contributed by atoms with van der Waals surface area (Å²) in [5, 5.41) is 3.36.